The summed E-state index contributed by atoms with van der Waals surface area (Å²) in [7, 11) is 3.78. The molecule has 1 unspecified atom stereocenters. The van der Waals surface area contributed by atoms with Crippen LogP contribution >= 0.6 is 24.0 Å². The van der Waals surface area contributed by atoms with Gasteiger partial charge in [-0.1, -0.05) is 6.07 Å². The number of alkyl halides is 3. The van der Waals surface area contributed by atoms with Gasteiger partial charge in [0.25, 0.3) is 0 Å². The van der Waals surface area contributed by atoms with Gasteiger partial charge in [0.05, 0.1) is 6.54 Å². The summed E-state index contributed by atoms with van der Waals surface area (Å²) < 4.78 is 37.6. The van der Waals surface area contributed by atoms with Gasteiger partial charge in [0, 0.05) is 65.1 Å². The molecule has 1 aromatic rings. The molecule has 2 N–H and O–H groups in total. The lowest BCUT2D eigenvalue weighted by atomic mass is 10.2. The normalized spacial score (nSPS) is 21.4. The van der Waals surface area contributed by atoms with Gasteiger partial charge in [-0.25, -0.2) is 4.98 Å². The van der Waals surface area contributed by atoms with Gasteiger partial charge >= 0.3 is 6.18 Å². The van der Waals surface area contributed by atoms with Gasteiger partial charge in [-0.15, -0.1) is 24.0 Å². The molecule has 0 bridgehead atoms. The van der Waals surface area contributed by atoms with Crippen LogP contribution in [0.4, 0.5) is 19.0 Å². The van der Waals surface area contributed by atoms with E-state index >= 15 is 0 Å². The average Bonchev–Trinajstić information content (AvgIpc) is 3.11. The first-order valence-corrected chi connectivity index (χ1v) is 9.97. The number of nitrogens with zero attached hydrogens (tertiary/aromatic N) is 5. The number of nitrogens with one attached hydrogen (secondary N) is 2. The summed E-state index contributed by atoms with van der Waals surface area (Å²) in [6.07, 6.45) is -1.63. The maximum absolute atomic E-state index is 12.5. The first kappa shape index (κ1) is 24.9. The van der Waals surface area contributed by atoms with Crippen molar-refractivity contribution in [1.29, 1.82) is 0 Å². The Labute approximate surface area is 193 Å². The van der Waals surface area contributed by atoms with Crippen LogP contribution in [0, 0.1) is 0 Å². The number of pyridine rings is 1. The molecule has 3 heterocycles. The van der Waals surface area contributed by atoms with Gasteiger partial charge in [0.1, 0.15) is 5.82 Å². The molecule has 7 nitrogen and oxygen atoms in total. The van der Waals surface area contributed by atoms with Crippen molar-refractivity contribution >= 4 is 35.8 Å². The average molecular weight is 541 g/mol. The lowest BCUT2D eigenvalue weighted by Gasteiger charge is -2.33. The van der Waals surface area contributed by atoms with Crippen LogP contribution in [-0.4, -0.2) is 92.9 Å². The van der Waals surface area contributed by atoms with Crippen molar-refractivity contribution in [3.63, 3.8) is 0 Å². The van der Waals surface area contributed by atoms with E-state index in [0.29, 0.717) is 32.0 Å². The zero-order chi connectivity index (χ0) is 20.9. The minimum absolute atomic E-state index is 0. The summed E-state index contributed by atoms with van der Waals surface area (Å²) in [5.41, 5.74) is 1.02. The maximum Gasteiger partial charge on any atom is 0.401 e. The van der Waals surface area contributed by atoms with E-state index < -0.39 is 12.7 Å². The molecule has 11 heteroatoms. The lowest BCUT2D eigenvalue weighted by molar-refractivity contribution is -0.143. The zero-order valence-corrected chi connectivity index (χ0v) is 19.8. The molecule has 0 amide bonds. The third kappa shape index (κ3) is 7.73. The Balaban J connectivity index is 0.00000320. The number of hydrogen-bond donors (Lipinski definition) is 2. The van der Waals surface area contributed by atoms with Gasteiger partial charge in [0.15, 0.2) is 5.96 Å². The molecule has 0 saturated carbocycles. The molecule has 2 fully saturated rings. The Hall–Kier alpha value is -1.34. The predicted octanol–water partition coefficient (Wildman–Crippen LogP) is 1.75. The third-order valence-corrected chi connectivity index (χ3v) is 5.34. The molecule has 0 radical (unpaired) electrons. The molecule has 0 spiro atoms. The number of piperazine rings is 1. The van der Waals surface area contributed by atoms with Crippen LogP contribution < -0.4 is 15.5 Å². The molecule has 2 aliphatic rings. The van der Waals surface area contributed by atoms with Crippen LogP contribution in [0.1, 0.15) is 12.0 Å². The number of likely N-dealkylation sites (N-methyl/N-ethyl adjacent to an activating group) is 1. The minimum atomic E-state index is -4.15. The molecular weight excluding hydrogens is 510 g/mol. The summed E-state index contributed by atoms with van der Waals surface area (Å²) >= 11 is 0. The van der Waals surface area contributed by atoms with E-state index in [9.17, 15) is 13.2 Å². The Morgan fingerprint density at radius 3 is 2.53 bits per heavy atom. The molecule has 0 aliphatic carbocycles. The molecule has 3 rings (SSSR count). The molecule has 30 heavy (non-hydrogen) atoms. The van der Waals surface area contributed by atoms with Gasteiger partial charge < -0.3 is 20.4 Å². The standard InChI is InChI=1S/C19H30F3N7.HI/c1-23-18(26-16-5-6-28(13-16)14-19(20,21)22)25-12-15-3-4-17(24-11-15)29-9-7-27(2)8-10-29;/h3-4,11,16H,5-10,12-14H2,1-2H3,(H2,23,25,26);1H. The second-order valence-electron chi connectivity index (χ2n) is 7.72. The molecular formula is C19H31F3IN7. The minimum Gasteiger partial charge on any atom is -0.354 e. The van der Waals surface area contributed by atoms with Crippen molar-refractivity contribution in [2.75, 3.05) is 64.8 Å². The summed E-state index contributed by atoms with van der Waals surface area (Å²) in [5, 5.41) is 6.43. The van der Waals surface area contributed by atoms with E-state index in [4.69, 9.17) is 0 Å². The lowest BCUT2D eigenvalue weighted by Crippen LogP contribution is -2.45. The van der Waals surface area contributed by atoms with Crippen LogP contribution in [-0.2, 0) is 6.54 Å². The highest BCUT2D eigenvalue weighted by molar-refractivity contribution is 14.0. The number of guanidine groups is 1. The Morgan fingerprint density at radius 1 is 1.20 bits per heavy atom. The Morgan fingerprint density at radius 2 is 1.93 bits per heavy atom. The zero-order valence-electron chi connectivity index (χ0n) is 17.5. The van der Waals surface area contributed by atoms with E-state index in [1.165, 1.54) is 4.90 Å². The molecule has 0 aromatic carbocycles. The maximum atomic E-state index is 12.5. The Bertz CT molecular complexity index is 676. The highest BCUT2D eigenvalue weighted by Crippen LogP contribution is 2.20. The van der Waals surface area contributed by atoms with E-state index in [1.807, 2.05) is 18.3 Å². The van der Waals surface area contributed by atoms with Crippen molar-refractivity contribution in [3.05, 3.63) is 23.9 Å². The van der Waals surface area contributed by atoms with E-state index in [0.717, 1.165) is 37.6 Å². The molecule has 1 aromatic heterocycles. The number of halogens is 4. The van der Waals surface area contributed by atoms with Crippen LogP contribution in [0.3, 0.4) is 0 Å². The number of rotatable bonds is 5. The highest BCUT2D eigenvalue weighted by Gasteiger charge is 2.34. The SMILES string of the molecule is CN=C(NCc1ccc(N2CCN(C)CC2)nc1)NC1CCN(CC(F)(F)F)C1.I. The van der Waals surface area contributed by atoms with Gasteiger partial charge in [-0.2, -0.15) is 13.2 Å². The first-order chi connectivity index (χ1) is 13.8. The number of hydrogen-bond acceptors (Lipinski definition) is 5. The summed E-state index contributed by atoms with van der Waals surface area (Å²) in [5.74, 6) is 1.58. The van der Waals surface area contributed by atoms with Crippen LogP contribution in [0.2, 0.25) is 0 Å². The largest absolute Gasteiger partial charge is 0.401 e. The number of likely N-dealkylation sites (tertiary alicyclic amines) is 1. The molecule has 170 valence electrons. The fourth-order valence-corrected chi connectivity index (χ4v) is 3.67. The Kier molecular flexibility index (Phi) is 9.41. The first-order valence-electron chi connectivity index (χ1n) is 9.97. The number of aliphatic imine (C=N–C) groups is 1. The molecule has 2 aliphatic heterocycles. The third-order valence-electron chi connectivity index (χ3n) is 5.34. The quantitative estimate of drug-likeness (QED) is 0.337. The van der Waals surface area contributed by atoms with Gasteiger partial charge in [-0.05, 0) is 25.1 Å². The number of aromatic nitrogens is 1. The van der Waals surface area contributed by atoms with E-state index in [-0.39, 0.29) is 30.0 Å². The second-order valence-corrected chi connectivity index (χ2v) is 7.72. The van der Waals surface area contributed by atoms with Crippen molar-refractivity contribution in [2.45, 2.75) is 25.2 Å². The highest BCUT2D eigenvalue weighted by atomic mass is 127. The summed E-state index contributed by atoms with van der Waals surface area (Å²) in [4.78, 5) is 14.8. The van der Waals surface area contributed by atoms with Crippen LogP contribution in [0.15, 0.2) is 23.3 Å². The van der Waals surface area contributed by atoms with Crippen molar-refractivity contribution < 1.29 is 13.2 Å². The molecule has 2 saturated heterocycles. The van der Waals surface area contributed by atoms with Crippen molar-refractivity contribution in [3.8, 4) is 0 Å². The number of anilines is 1. The summed E-state index contributed by atoms with van der Waals surface area (Å²) in [6.45, 7) is 4.52. The molecule has 1 atom stereocenters. The van der Waals surface area contributed by atoms with E-state index in [1.54, 1.807) is 7.05 Å². The fraction of sp³-hybridized carbons (Fsp3) is 0.684. The van der Waals surface area contributed by atoms with Crippen LogP contribution in [0.25, 0.3) is 0 Å². The fourth-order valence-electron chi connectivity index (χ4n) is 3.67. The van der Waals surface area contributed by atoms with Crippen LogP contribution in [0.5, 0.6) is 0 Å². The van der Waals surface area contributed by atoms with E-state index in [2.05, 4.69) is 37.5 Å². The van der Waals surface area contributed by atoms with Gasteiger partial charge in [-0.3, -0.25) is 9.89 Å². The summed E-state index contributed by atoms with van der Waals surface area (Å²) in [6, 6.07) is 4.03. The van der Waals surface area contributed by atoms with Crippen molar-refractivity contribution in [1.82, 2.24) is 25.4 Å². The smallest absolute Gasteiger partial charge is 0.354 e. The topological polar surface area (TPSA) is 59.0 Å². The van der Waals surface area contributed by atoms with Gasteiger partial charge in [0.2, 0.25) is 0 Å². The van der Waals surface area contributed by atoms with Crippen molar-refractivity contribution in [2.24, 2.45) is 4.99 Å². The predicted molar refractivity (Wildman–Crippen MR) is 124 cm³/mol. The second kappa shape index (κ2) is 11.3. The monoisotopic (exact) mass is 541 g/mol.